The lowest BCUT2D eigenvalue weighted by atomic mass is 9.96. The zero-order valence-corrected chi connectivity index (χ0v) is 12.6. The van der Waals surface area contributed by atoms with Gasteiger partial charge in [-0.05, 0) is 31.0 Å². The summed E-state index contributed by atoms with van der Waals surface area (Å²) in [7, 11) is 0. The van der Waals surface area contributed by atoms with Crippen molar-refractivity contribution in [2.24, 2.45) is 5.73 Å². The van der Waals surface area contributed by atoms with Gasteiger partial charge in [0.1, 0.15) is 0 Å². The molecule has 108 valence electrons. The first kappa shape index (κ1) is 16.4. The summed E-state index contributed by atoms with van der Waals surface area (Å²) in [4.78, 5) is 2.30. The molecule has 0 amide bonds. The molecule has 0 aliphatic rings. The Balaban J connectivity index is 3.03. The van der Waals surface area contributed by atoms with E-state index in [0.29, 0.717) is 0 Å². The second-order valence-electron chi connectivity index (χ2n) is 4.74. The van der Waals surface area contributed by atoms with Gasteiger partial charge < -0.3 is 10.8 Å². The minimum absolute atomic E-state index is 0.0403. The second-order valence-corrected chi connectivity index (χ2v) is 5.15. The van der Waals surface area contributed by atoms with Crippen LogP contribution in [0.1, 0.15) is 38.3 Å². The minimum atomic E-state index is 0.0403. The van der Waals surface area contributed by atoms with E-state index in [9.17, 15) is 0 Å². The number of aliphatic hydroxyl groups is 1. The zero-order chi connectivity index (χ0) is 14.3. The predicted octanol–water partition coefficient (Wildman–Crippen LogP) is 2.82. The number of hydrogen-bond donors (Lipinski definition) is 2. The highest BCUT2D eigenvalue weighted by atomic mass is 35.5. The van der Waals surface area contributed by atoms with Crippen LogP contribution in [0.2, 0.25) is 5.02 Å². The van der Waals surface area contributed by atoms with Gasteiger partial charge in [-0.1, -0.05) is 43.6 Å². The van der Waals surface area contributed by atoms with E-state index >= 15 is 0 Å². The summed E-state index contributed by atoms with van der Waals surface area (Å²) in [5.74, 6) is 0. The number of benzene rings is 1. The van der Waals surface area contributed by atoms with Crippen LogP contribution in [0.3, 0.4) is 0 Å². The van der Waals surface area contributed by atoms with Crippen molar-refractivity contribution in [3.8, 4) is 0 Å². The van der Waals surface area contributed by atoms with Crippen LogP contribution < -0.4 is 5.73 Å². The Morgan fingerprint density at radius 1 is 1.32 bits per heavy atom. The van der Waals surface area contributed by atoms with E-state index < -0.39 is 0 Å². The molecule has 2 unspecified atom stereocenters. The Kier molecular flexibility index (Phi) is 7.39. The summed E-state index contributed by atoms with van der Waals surface area (Å²) in [6, 6.07) is 8.03. The van der Waals surface area contributed by atoms with Crippen molar-refractivity contribution in [1.29, 1.82) is 0 Å². The fourth-order valence-electron chi connectivity index (χ4n) is 2.40. The third kappa shape index (κ3) is 4.46. The highest BCUT2D eigenvalue weighted by molar-refractivity contribution is 6.31. The molecule has 0 fully saturated rings. The summed E-state index contributed by atoms with van der Waals surface area (Å²) in [5.41, 5.74) is 7.39. The summed E-state index contributed by atoms with van der Waals surface area (Å²) in [6.45, 7) is 6.13. The van der Waals surface area contributed by atoms with Gasteiger partial charge in [-0.3, -0.25) is 4.90 Å². The van der Waals surface area contributed by atoms with Gasteiger partial charge in [0, 0.05) is 24.2 Å². The molecule has 19 heavy (non-hydrogen) atoms. The second kappa shape index (κ2) is 8.54. The summed E-state index contributed by atoms with van der Waals surface area (Å²) >= 11 is 6.32. The summed E-state index contributed by atoms with van der Waals surface area (Å²) in [5, 5.41) is 9.79. The molecule has 2 atom stereocenters. The van der Waals surface area contributed by atoms with Crippen LogP contribution in [0.5, 0.6) is 0 Å². The van der Waals surface area contributed by atoms with E-state index in [1.54, 1.807) is 0 Å². The average Bonchev–Trinajstić information content (AvgIpc) is 2.44. The number of rotatable bonds is 8. The lowest BCUT2D eigenvalue weighted by molar-refractivity contribution is 0.159. The van der Waals surface area contributed by atoms with E-state index in [-0.39, 0.29) is 18.7 Å². The lowest BCUT2D eigenvalue weighted by Crippen LogP contribution is -2.41. The number of nitrogens with two attached hydrogens (primary N) is 1. The van der Waals surface area contributed by atoms with Crippen LogP contribution in [0.25, 0.3) is 0 Å². The van der Waals surface area contributed by atoms with E-state index in [0.717, 1.165) is 36.5 Å². The Morgan fingerprint density at radius 2 is 2.00 bits per heavy atom. The number of aliphatic hydroxyl groups excluding tert-OH is 1. The molecular weight excluding hydrogens is 260 g/mol. The van der Waals surface area contributed by atoms with E-state index in [1.165, 1.54) is 0 Å². The third-order valence-electron chi connectivity index (χ3n) is 3.50. The van der Waals surface area contributed by atoms with Crippen LogP contribution in [0, 0.1) is 0 Å². The number of likely N-dealkylation sites (N-methyl/N-ethyl adjacent to an activating group) is 1. The molecule has 0 bridgehead atoms. The van der Waals surface area contributed by atoms with Crippen molar-refractivity contribution in [3.05, 3.63) is 34.9 Å². The normalized spacial score (nSPS) is 14.6. The van der Waals surface area contributed by atoms with Crippen molar-refractivity contribution >= 4 is 11.6 Å². The highest BCUT2D eigenvalue weighted by Gasteiger charge is 2.26. The predicted molar refractivity (Wildman–Crippen MR) is 81.4 cm³/mol. The van der Waals surface area contributed by atoms with Crippen molar-refractivity contribution in [3.63, 3.8) is 0 Å². The van der Waals surface area contributed by atoms with Gasteiger partial charge in [-0.2, -0.15) is 0 Å². The van der Waals surface area contributed by atoms with Crippen LogP contribution in [0.15, 0.2) is 24.3 Å². The zero-order valence-electron chi connectivity index (χ0n) is 11.8. The third-order valence-corrected chi connectivity index (χ3v) is 3.85. The Labute approximate surface area is 121 Å². The molecule has 1 aromatic rings. The largest absolute Gasteiger partial charge is 0.396 e. The lowest BCUT2D eigenvalue weighted by Gasteiger charge is -2.35. The van der Waals surface area contributed by atoms with Crippen LogP contribution >= 0.6 is 11.6 Å². The van der Waals surface area contributed by atoms with Gasteiger partial charge in [0.15, 0.2) is 0 Å². The maximum absolute atomic E-state index is 9.03. The van der Waals surface area contributed by atoms with Gasteiger partial charge >= 0.3 is 0 Å². The molecule has 3 N–H and O–H groups in total. The first-order valence-corrected chi connectivity index (χ1v) is 7.38. The van der Waals surface area contributed by atoms with Crippen molar-refractivity contribution in [1.82, 2.24) is 4.90 Å². The van der Waals surface area contributed by atoms with Crippen molar-refractivity contribution in [2.75, 3.05) is 19.7 Å². The molecule has 0 aromatic heterocycles. The maximum atomic E-state index is 9.03. The van der Waals surface area contributed by atoms with Crippen LogP contribution in [-0.2, 0) is 0 Å². The summed E-state index contributed by atoms with van der Waals surface area (Å²) in [6.07, 6.45) is 1.65. The SMILES string of the molecule is CCC(N)C(c1ccccc1Cl)N(CC)CCCO. The molecule has 0 radical (unpaired) electrons. The van der Waals surface area contributed by atoms with Gasteiger partial charge in [0.25, 0.3) is 0 Å². The number of halogens is 1. The Morgan fingerprint density at radius 3 is 2.53 bits per heavy atom. The van der Waals surface area contributed by atoms with E-state index in [2.05, 4.69) is 18.7 Å². The van der Waals surface area contributed by atoms with Crippen molar-refractivity contribution < 1.29 is 5.11 Å². The summed E-state index contributed by atoms with van der Waals surface area (Å²) < 4.78 is 0. The van der Waals surface area contributed by atoms with Gasteiger partial charge in [0.05, 0.1) is 6.04 Å². The van der Waals surface area contributed by atoms with Gasteiger partial charge in [0.2, 0.25) is 0 Å². The quantitative estimate of drug-likeness (QED) is 0.772. The molecule has 4 heteroatoms. The number of hydrogen-bond acceptors (Lipinski definition) is 3. The molecule has 0 aliphatic heterocycles. The van der Waals surface area contributed by atoms with Gasteiger partial charge in [-0.15, -0.1) is 0 Å². The molecule has 1 aromatic carbocycles. The molecule has 0 saturated carbocycles. The molecule has 3 nitrogen and oxygen atoms in total. The first-order valence-electron chi connectivity index (χ1n) is 7.00. The Hall–Kier alpha value is -0.610. The van der Waals surface area contributed by atoms with Crippen LogP contribution in [-0.4, -0.2) is 35.7 Å². The highest BCUT2D eigenvalue weighted by Crippen LogP contribution is 2.30. The standard InChI is InChI=1S/C15H25ClN2O/c1-3-14(17)15(18(4-2)10-7-11-19)12-8-5-6-9-13(12)16/h5-6,8-9,14-15,19H,3-4,7,10-11,17H2,1-2H3. The molecule has 0 spiro atoms. The Bertz CT molecular complexity index is 373. The average molecular weight is 285 g/mol. The maximum Gasteiger partial charge on any atom is 0.0513 e. The molecular formula is C15H25ClN2O. The van der Waals surface area contributed by atoms with Crippen LogP contribution in [0.4, 0.5) is 0 Å². The molecule has 0 aliphatic carbocycles. The molecule has 0 saturated heterocycles. The monoisotopic (exact) mass is 284 g/mol. The minimum Gasteiger partial charge on any atom is -0.396 e. The molecule has 0 heterocycles. The fourth-order valence-corrected chi connectivity index (χ4v) is 2.65. The van der Waals surface area contributed by atoms with Crippen molar-refractivity contribution in [2.45, 2.75) is 38.8 Å². The first-order chi connectivity index (χ1) is 9.15. The topological polar surface area (TPSA) is 49.5 Å². The fraction of sp³-hybridized carbons (Fsp3) is 0.600. The van der Waals surface area contributed by atoms with Gasteiger partial charge in [-0.25, -0.2) is 0 Å². The smallest absolute Gasteiger partial charge is 0.0513 e. The van der Waals surface area contributed by atoms with E-state index in [1.807, 2.05) is 24.3 Å². The number of nitrogens with zero attached hydrogens (tertiary/aromatic N) is 1. The van der Waals surface area contributed by atoms with E-state index in [4.69, 9.17) is 22.4 Å². The molecule has 1 rings (SSSR count).